The van der Waals surface area contributed by atoms with Crippen molar-refractivity contribution in [1.29, 1.82) is 5.26 Å². The fourth-order valence-corrected chi connectivity index (χ4v) is 0.413. The third kappa shape index (κ3) is 2.15. The molecule has 0 aliphatic heterocycles. The van der Waals surface area contributed by atoms with Gasteiger partial charge in [-0.3, -0.25) is 4.99 Å². The van der Waals surface area contributed by atoms with Gasteiger partial charge in [-0.15, -0.1) is 12.6 Å². The third-order valence-electron chi connectivity index (χ3n) is 0.715. The largest absolute Gasteiger partial charge is 0.257 e. The van der Waals surface area contributed by atoms with Crippen molar-refractivity contribution in [1.82, 2.24) is 0 Å². The first-order chi connectivity index (χ1) is 4.26. The van der Waals surface area contributed by atoms with Gasteiger partial charge < -0.3 is 0 Å². The number of rotatable bonds is 2. The smallest absolute Gasteiger partial charge is 0.110 e. The maximum absolute atomic E-state index is 8.31. The molecule has 0 radical (unpaired) electrons. The zero-order chi connectivity index (χ0) is 7.28. The molecule has 0 aliphatic carbocycles. The number of hydrogen-bond acceptors (Lipinski definition) is 3. The Bertz CT molecular complexity index is 198. The fourth-order valence-electron chi connectivity index (χ4n) is 0.272. The van der Waals surface area contributed by atoms with Gasteiger partial charge in [-0.2, -0.15) is 5.26 Å². The maximum atomic E-state index is 8.31. The highest BCUT2D eigenvalue weighted by Crippen LogP contribution is 2.08. The molecule has 0 fully saturated rings. The monoisotopic (exact) mass is 138 g/mol. The van der Waals surface area contributed by atoms with Crippen LogP contribution < -0.4 is 0 Å². The Labute approximate surface area is 59.6 Å². The van der Waals surface area contributed by atoms with Crippen LogP contribution >= 0.6 is 12.6 Å². The summed E-state index contributed by atoms with van der Waals surface area (Å²) in [6.45, 7) is 6.58. The molecule has 0 saturated carbocycles. The van der Waals surface area contributed by atoms with Gasteiger partial charge >= 0.3 is 0 Å². The van der Waals surface area contributed by atoms with E-state index in [2.05, 4.69) is 30.9 Å². The lowest BCUT2D eigenvalue weighted by molar-refractivity contribution is 1.45. The zero-order valence-electron chi connectivity index (χ0n) is 4.83. The highest BCUT2D eigenvalue weighted by atomic mass is 32.1. The number of nitriles is 1. The van der Waals surface area contributed by atoms with Crippen LogP contribution in [0.5, 0.6) is 0 Å². The second-order valence-electron chi connectivity index (χ2n) is 1.21. The predicted molar refractivity (Wildman–Crippen MR) is 41.4 cm³/mol. The average Bonchev–Trinajstić information content (AvgIpc) is 1.90. The van der Waals surface area contributed by atoms with Crippen LogP contribution in [0.3, 0.4) is 0 Å². The summed E-state index contributed by atoms with van der Waals surface area (Å²) < 4.78 is 0. The van der Waals surface area contributed by atoms with E-state index in [1.54, 1.807) is 0 Å². The molecule has 0 heterocycles. The minimum Gasteiger partial charge on any atom is -0.257 e. The molecule has 0 unspecified atom stereocenters. The molecule has 0 saturated heterocycles. The fraction of sp³-hybridized carbons (Fsp3) is 0. The SMILES string of the molecule is C=C/C(C#N)=C(/S)N=C. The summed E-state index contributed by atoms with van der Waals surface area (Å²) in [5.41, 5.74) is 0.341. The minimum atomic E-state index is 0.313. The first-order valence-corrected chi connectivity index (χ1v) is 2.63. The van der Waals surface area contributed by atoms with Crippen LogP contribution in [-0.2, 0) is 0 Å². The molecule has 0 aliphatic rings. The van der Waals surface area contributed by atoms with Crippen molar-refractivity contribution >= 4 is 19.3 Å². The van der Waals surface area contributed by atoms with Gasteiger partial charge in [0.15, 0.2) is 0 Å². The molecule has 0 N–H and O–H groups in total. The maximum Gasteiger partial charge on any atom is 0.110 e. The summed E-state index contributed by atoms with van der Waals surface area (Å²) in [5, 5.41) is 8.62. The lowest BCUT2D eigenvalue weighted by Crippen LogP contribution is -1.72. The first kappa shape index (κ1) is 7.99. The van der Waals surface area contributed by atoms with Gasteiger partial charge in [-0.25, -0.2) is 0 Å². The topological polar surface area (TPSA) is 36.1 Å². The van der Waals surface area contributed by atoms with Gasteiger partial charge in [0.1, 0.15) is 11.1 Å². The Morgan fingerprint density at radius 3 is 2.44 bits per heavy atom. The summed E-state index contributed by atoms with van der Waals surface area (Å²) >= 11 is 3.84. The van der Waals surface area contributed by atoms with E-state index in [0.29, 0.717) is 10.6 Å². The van der Waals surface area contributed by atoms with Crippen molar-refractivity contribution in [2.24, 2.45) is 4.99 Å². The zero-order valence-corrected chi connectivity index (χ0v) is 5.73. The predicted octanol–water partition coefficient (Wildman–Crippen LogP) is 1.54. The van der Waals surface area contributed by atoms with Crippen molar-refractivity contribution in [3.63, 3.8) is 0 Å². The lowest BCUT2D eigenvalue weighted by atomic mass is 10.3. The molecule has 0 atom stereocenters. The summed E-state index contributed by atoms with van der Waals surface area (Å²) in [6, 6.07) is 1.85. The number of thiol groups is 1. The van der Waals surface area contributed by atoms with Gasteiger partial charge in [0.25, 0.3) is 0 Å². The van der Waals surface area contributed by atoms with Crippen LogP contribution in [0.1, 0.15) is 0 Å². The second kappa shape index (κ2) is 3.93. The van der Waals surface area contributed by atoms with Crippen LogP contribution in [0, 0.1) is 11.3 Å². The molecule has 3 heteroatoms. The van der Waals surface area contributed by atoms with E-state index in [4.69, 9.17) is 5.26 Å². The van der Waals surface area contributed by atoms with Crippen LogP contribution in [0.2, 0.25) is 0 Å². The molecule has 0 bridgehead atoms. The van der Waals surface area contributed by atoms with Crippen LogP contribution in [0.4, 0.5) is 0 Å². The standard InChI is InChI=1S/C6H6N2S/c1-3-5(4-7)6(9)8-2/h3,9H,1-2H2/b6-5-. The second-order valence-corrected chi connectivity index (χ2v) is 1.63. The van der Waals surface area contributed by atoms with Gasteiger partial charge in [0, 0.05) is 0 Å². The van der Waals surface area contributed by atoms with E-state index in [1.807, 2.05) is 6.07 Å². The molecule has 0 aromatic carbocycles. The molecule has 2 nitrogen and oxygen atoms in total. The normalized spacial score (nSPS) is 11.1. The minimum absolute atomic E-state index is 0.313. The van der Waals surface area contributed by atoms with Crippen LogP contribution in [0.25, 0.3) is 0 Å². The van der Waals surface area contributed by atoms with Gasteiger partial charge in [-0.1, -0.05) is 6.58 Å². The molecule has 9 heavy (non-hydrogen) atoms. The Balaban J connectivity index is 4.63. The first-order valence-electron chi connectivity index (χ1n) is 2.18. The van der Waals surface area contributed by atoms with E-state index >= 15 is 0 Å². The quantitative estimate of drug-likeness (QED) is 0.267. The Kier molecular flexibility index (Phi) is 3.49. The number of aliphatic imine (C=N–C) groups is 1. The lowest BCUT2D eigenvalue weighted by Gasteiger charge is -1.87. The van der Waals surface area contributed by atoms with Crippen molar-refractivity contribution in [2.45, 2.75) is 0 Å². The average molecular weight is 138 g/mol. The third-order valence-corrected chi connectivity index (χ3v) is 1.10. The number of nitrogens with zero attached hydrogens (tertiary/aromatic N) is 2. The Morgan fingerprint density at radius 1 is 1.78 bits per heavy atom. The van der Waals surface area contributed by atoms with Crippen LogP contribution in [0.15, 0.2) is 28.2 Å². The molecule has 0 spiro atoms. The van der Waals surface area contributed by atoms with Crippen molar-refractivity contribution < 1.29 is 0 Å². The number of hydrogen-bond donors (Lipinski definition) is 1. The van der Waals surface area contributed by atoms with Crippen LogP contribution in [-0.4, -0.2) is 6.72 Å². The van der Waals surface area contributed by atoms with Gasteiger partial charge in [-0.05, 0) is 12.8 Å². The summed E-state index contributed by atoms with van der Waals surface area (Å²) in [7, 11) is 0. The molecule has 0 amide bonds. The van der Waals surface area contributed by atoms with Crippen molar-refractivity contribution in [3.05, 3.63) is 23.3 Å². The molecular formula is C6H6N2S. The molecular weight excluding hydrogens is 132 g/mol. The molecule has 46 valence electrons. The van der Waals surface area contributed by atoms with Gasteiger partial charge in [0.05, 0.1) is 5.57 Å². The van der Waals surface area contributed by atoms with Crippen molar-refractivity contribution in [2.75, 3.05) is 0 Å². The van der Waals surface area contributed by atoms with E-state index in [1.165, 1.54) is 6.08 Å². The molecule has 0 aromatic rings. The summed E-state index contributed by atoms with van der Waals surface area (Å²) in [4.78, 5) is 3.43. The van der Waals surface area contributed by atoms with E-state index in [0.717, 1.165) is 0 Å². The highest BCUT2D eigenvalue weighted by molar-refractivity contribution is 7.84. The van der Waals surface area contributed by atoms with E-state index in [-0.39, 0.29) is 0 Å². The molecule has 0 rings (SSSR count). The Hall–Kier alpha value is -1.01. The highest BCUT2D eigenvalue weighted by Gasteiger charge is 1.91. The summed E-state index contributed by atoms with van der Waals surface area (Å²) in [5.74, 6) is 0. The summed E-state index contributed by atoms with van der Waals surface area (Å²) in [6.07, 6.45) is 1.39. The number of allylic oxidation sites excluding steroid dienone is 2. The van der Waals surface area contributed by atoms with E-state index < -0.39 is 0 Å². The molecule has 0 aromatic heterocycles. The van der Waals surface area contributed by atoms with E-state index in [9.17, 15) is 0 Å². The Morgan fingerprint density at radius 2 is 2.33 bits per heavy atom. The van der Waals surface area contributed by atoms with Crippen molar-refractivity contribution in [3.8, 4) is 6.07 Å². The van der Waals surface area contributed by atoms with Gasteiger partial charge in [0.2, 0.25) is 0 Å².